The van der Waals surface area contributed by atoms with Gasteiger partial charge in [-0.2, -0.15) is 0 Å². The van der Waals surface area contributed by atoms with Crippen LogP contribution in [0.15, 0.2) is 42.5 Å². The molecule has 0 saturated carbocycles. The Morgan fingerprint density at radius 2 is 1.76 bits per heavy atom. The molecule has 1 unspecified atom stereocenters. The van der Waals surface area contributed by atoms with E-state index in [1.807, 2.05) is 17.0 Å². The SMILES string of the molecule is Cc1ccc(C)c(CNC(C(=O)N2CCC(c3ccc(Cl)cc3)CC2)C(C)C)c1. The van der Waals surface area contributed by atoms with E-state index in [0.717, 1.165) is 37.5 Å². The van der Waals surface area contributed by atoms with Gasteiger partial charge in [0, 0.05) is 24.7 Å². The molecule has 1 atom stereocenters. The monoisotopic (exact) mass is 412 g/mol. The van der Waals surface area contributed by atoms with E-state index in [4.69, 9.17) is 11.6 Å². The van der Waals surface area contributed by atoms with Crippen LogP contribution in [0.3, 0.4) is 0 Å². The number of likely N-dealkylation sites (tertiary alicyclic amines) is 1. The lowest BCUT2D eigenvalue weighted by Gasteiger charge is -2.35. The number of carbonyl (C=O) groups excluding carboxylic acids is 1. The Kier molecular flexibility index (Phi) is 7.37. The minimum atomic E-state index is -0.151. The molecule has 3 nitrogen and oxygen atoms in total. The molecule has 1 fully saturated rings. The van der Waals surface area contributed by atoms with Crippen molar-refractivity contribution in [3.8, 4) is 0 Å². The van der Waals surface area contributed by atoms with Crippen LogP contribution in [-0.4, -0.2) is 29.9 Å². The normalized spacial score (nSPS) is 16.3. The summed E-state index contributed by atoms with van der Waals surface area (Å²) in [5.41, 5.74) is 5.12. The Labute approximate surface area is 180 Å². The van der Waals surface area contributed by atoms with Crippen LogP contribution in [0.25, 0.3) is 0 Å². The van der Waals surface area contributed by atoms with Crippen LogP contribution in [0.4, 0.5) is 0 Å². The molecule has 0 radical (unpaired) electrons. The number of piperidine rings is 1. The number of amides is 1. The molecule has 29 heavy (non-hydrogen) atoms. The number of carbonyl (C=O) groups is 1. The van der Waals surface area contributed by atoms with Gasteiger partial charge in [-0.3, -0.25) is 4.79 Å². The highest BCUT2D eigenvalue weighted by atomic mass is 35.5. The van der Waals surface area contributed by atoms with E-state index in [-0.39, 0.29) is 17.9 Å². The fourth-order valence-electron chi connectivity index (χ4n) is 4.18. The van der Waals surface area contributed by atoms with E-state index in [1.54, 1.807) is 0 Å². The second-order valence-corrected chi connectivity index (χ2v) is 9.12. The average molecular weight is 413 g/mol. The number of rotatable bonds is 6. The lowest BCUT2D eigenvalue weighted by Crippen LogP contribution is -2.51. The van der Waals surface area contributed by atoms with Crippen LogP contribution in [0.1, 0.15) is 54.9 Å². The Hall–Kier alpha value is -1.84. The minimum Gasteiger partial charge on any atom is -0.341 e. The largest absolute Gasteiger partial charge is 0.341 e. The molecular weight excluding hydrogens is 380 g/mol. The summed E-state index contributed by atoms with van der Waals surface area (Å²) in [6, 6.07) is 14.5. The zero-order chi connectivity index (χ0) is 21.0. The summed E-state index contributed by atoms with van der Waals surface area (Å²) in [7, 11) is 0. The molecule has 4 heteroatoms. The molecule has 156 valence electrons. The quantitative estimate of drug-likeness (QED) is 0.681. The van der Waals surface area contributed by atoms with Gasteiger partial charge < -0.3 is 10.2 Å². The maximum Gasteiger partial charge on any atom is 0.239 e. The third-order valence-corrected chi connectivity index (χ3v) is 6.35. The van der Waals surface area contributed by atoms with Crippen molar-refractivity contribution in [1.29, 1.82) is 0 Å². The van der Waals surface area contributed by atoms with Crippen molar-refractivity contribution < 1.29 is 4.79 Å². The smallest absolute Gasteiger partial charge is 0.239 e. The number of halogens is 1. The summed E-state index contributed by atoms with van der Waals surface area (Å²) in [6.45, 7) is 10.9. The average Bonchev–Trinajstić information content (AvgIpc) is 2.71. The number of benzene rings is 2. The molecule has 1 saturated heterocycles. The first-order valence-electron chi connectivity index (χ1n) is 10.7. The van der Waals surface area contributed by atoms with E-state index >= 15 is 0 Å². The minimum absolute atomic E-state index is 0.151. The van der Waals surface area contributed by atoms with Gasteiger partial charge in [0.15, 0.2) is 0 Å². The molecule has 2 aromatic carbocycles. The fraction of sp³-hybridized carbons (Fsp3) is 0.480. The molecule has 1 aliphatic rings. The summed E-state index contributed by atoms with van der Waals surface area (Å²) < 4.78 is 0. The van der Waals surface area contributed by atoms with Gasteiger partial charge in [0.1, 0.15) is 0 Å². The van der Waals surface area contributed by atoms with Crippen molar-refractivity contribution in [2.75, 3.05) is 13.1 Å². The van der Waals surface area contributed by atoms with Crippen LogP contribution >= 0.6 is 11.6 Å². The van der Waals surface area contributed by atoms with E-state index in [2.05, 4.69) is 63.3 Å². The number of hydrogen-bond acceptors (Lipinski definition) is 2. The first-order valence-corrected chi connectivity index (χ1v) is 11.1. The number of nitrogens with one attached hydrogen (secondary N) is 1. The Morgan fingerprint density at radius 3 is 2.38 bits per heavy atom. The molecule has 3 rings (SSSR count). The number of nitrogens with zero attached hydrogens (tertiary/aromatic N) is 1. The Balaban J connectivity index is 1.59. The van der Waals surface area contributed by atoms with Gasteiger partial charge in [0.2, 0.25) is 5.91 Å². The van der Waals surface area contributed by atoms with Gasteiger partial charge in [0.25, 0.3) is 0 Å². The van der Waals surface area contributed by atoms with Gasteiger partial charge in [0.05, 0.1) is 6.04 Å². The standard InChI is InChI=1S/C25H33ClN2O/c1-17(2)24(27-16-22-15-18(3)5-6-19(22)4)25(29)28-13-11-21(12-14-28)20-7-9-23(26)10-8-20/h5-10,15,17,21,24,27H,11-14,16H2,1-4H3. The van der Waals surface area contributed by atoms with Crippen molar-refractivity contribution in [2.45, 2.75) is 59.0 Å². The Bertz CT molecular complexity index is 823. The third-order valence-electron chi connectivity index (χ3n) is 6.10. The maximum absolute atomic E-state index is 13.2. The Morgan fingerprint density at radius 1 is 1.10 bits per heavy atom. The summed E-state index contributed by atoms with van der Waals surface area (Å²) in [4.78, 5) is 15.3. The van der Waals surface area contributed by atoms with E-state index < -0.39 is 0 Å². The first-order chi connectivity index (χ1) is 13.8. The predicted octanol–water partition coefficient (Wildman–Crippen LogP) is 5.48. The van der Waals surface area contributed by atoms with Gasteiger partial charge >= 0.3 is 0 Å². The summed E-state index contributed by atoms with van der Waals surface area (Å²) >= 11 is 6.01. The molecule has 1 aliphatic heterocycles. The molecule has 1 amide bonds. The number of aryl methyl sites for hydroxylation is 2. The predicted molar refractivity (Wildman–Crippen MR) is 121 cm³/mol. The van der Waals surface area contributed by atoms with Crippen molar-refractivity contribution in [3.05, 3.63) is 69.7 Å². The molecular formula is C25H33ClN2O. The van der Waals surface area contributed by atoms with Crippen molar-refractivity contribution in [3.63, 3.8) is 0 Å². The van der Waals surface area contributed by atoms with Crippen LogP contribution in [0, 0.1) is 19.8 Å². The highest BCUT2D eigenvalue weighted by Gasteiger charge is 2.30. The highest BCUT2D eigenvalue weighted by Crippen LogP contribution is 2.29. The molecule has 1 N–H and O–H groups in total. The second-order valence-electron chi connectivity index (χ2n) is 8.68. The number of hydrogen-bond donors (Lipinski definition) is 1. The summed E-state index contributed by atoms with van der Waals surface area (Å²) in [5.74, 6) is 0.998. The van der Waals surface area contributed by atoms with Crippen molar-refractivity contribution >= 4 is 17.5 Å². The van der Waals surface area contributed by atoms with E-state index in [1.165, 1.54) is 22.3 Å². The van der Waals surface area contributed by atoms with Gasteiger partial charge in [-0.05, 0) is 67.3 Å². The van der Waals surface area contributed by atoms with E-state index in [9.17, 15) is 4.79 Å². The fourth-order valence-corrected chi connectivity index (χ4v) is 4.31. The van der Waals surface area contributed by atoms with Gasteiger partial charge in [-0.15, -0.1) is 0 Å². The van der Waals surface area contributed by atoms with Gasteiger partial charge in [-0.25, -0.2) is 0 Å². The molecule has 1 heterocycles. The van der Waals surface area contributed by atoms with Crippen LogP contribution in [-0.2, 0) is 11.3 Å². The van der Waals surface area contributed by atoms with Crippen molar-refractivity contribution in [2.24, 2.45) is 5.92 Å². The summed E-state index contributed by atoms with van der Waals surface area (Å²) in [6.07, 6.45) is 2.02. The molecule has 0 aromatic heterocycles. The summed E-state index contributed by atoms with van der Waals surface area (Å²) in [5, 5.41) is 4.32. The molecule has 0 spiro atoms. The lowest BCUT2D eigenvalue weighted by molar-refractivity contribution is -0.135. The van der Waals surface area contributed by atoms with Crippen LogP contribution in [0.5, 0.6) is 0 Å². The van der Waals surface area contributed by atoms with Crippen LogP contribution in [0.2, 0.25) is 5.02 Å². The van der Waals surface area contributed by atoms with Crippen LogP contribution < -0.4 is 5.32 Å². The van der Waals surface area contributed by atoms with Gasteiger partial charge in [-0.1, -0.05) is 61.3 Å². The zero-order valence-corrected chi connectivity index (χ0v) is 18.8. The highest BCUT2D eigenvalue weighted by molar-refractivity contribution is 6.30. The maximum atomic E-state index is 13.2. The molecule has 2 aromatic rings. The lowest BCUT2D eigenvalue weighted by atomic mass is 9.89. The molecule has 0 aliphatic carbocycles. The van der Waals surface area contributed by atoms with Crippen molar-refractivity contribution in [1.82, 2.24) is 10.2 Å². The topological polar surface area (TPSA) is 32.3 Å². The zero-order valence-electron chi connectivity index (χ0n) is 18.0. The first kappa shape index (κ1) is 21.9. The second kappa shape index (κ2) is 9.77. The van der Waals surface area contributed by atoms with E-state index in [0.29, 0.717) is 5.92 Å². The third kappa shape index (κ3) is 5.61. The molecule has 0 bridgehead atoms.